The van der Waals surface area contributed by atoms with E-state index in [1.165, 1.54) is 18.3 Å². The van der Waals surface area contributed by atoms with Gasteiger partial charge in [0.15, 0.2) is 0 Å². The van der Waals surface area contributed by atoms with E-state index >= 15 is 0 Å². The Morgan fingerprint density at radius 1 is 1.30 bits per heavy atom. The molecule has 0 radical (unpaired) electrons. The minimum Gasteiger partial charge on any atom is -0.335 e. The molecule has 1 amide bonds. The number of amides is 1. The number of alkyl halides is 3. The molecule has 0 aliphatic rings. The molecule has 0 spiro atoms. The topological polar surface area (TPSA) is 87.7 Å². The molecule has 2 aromatic heterocycles. The second-order valence-corrected chi connectivity index (χ2v) is 6.43. The number of carbonyl (C=O) groups is 2. The van der Waals surface area contributed by atoms with Crippen LogP contribution in [-0.4, -0.2) is 32.4 Å². The molecule has 9 heteroatoms. The van der Waals surface area contributed by atoms with Crippen molar-refractivity contribution in [1.29, 1.82) is 0 Å². The first-order valence-electron chi connectivity index (χ1n) is 7.88. The molecular weight excluding hydrogens is 361 g/mol. The minimum absolute atomic E-state index is 0.0583. The molecule has 0 aliphatic heterocycles. The molecule has 0 unspecified atom stereocenters. The Balaban J connectivity index is 2.08. The number of ketones is 1. The van der Waals surface area contributed by atoms with Gasteiger partial charge >= 0.3 is 6.18 Å². The number of H-pyrrole nitrogens is 1. The van der Waals surface area contributed by atoms with Gasteiger partial charge in [0.1, 0.15) is 17.2 Å². The summed E-state index contributed by atoms with van der Waals surface area (Å²) in [6.07, 6.45) is 2.45. The summed E-state index contributed by atoms with van der Waals surface area (Å²) in [5, 5.41) is 7.82. The van der Waals surface area contributed by atoms with Crippen molar-refractivity contribution in [1.82, 2.24) is 20.5 Å². The molecule has 0 aromatic carbocycles. The number of nitrogens with zero attached hydrogens (tertiary/aromatic N) is 2. The lowest BCUT2D eigenvalue weighted by atomic mass is 10.0. The maximum atomic E-state index is 12.8. The first-order chi connectivity index (χ1) is 12.5. The fourth-order valence-electron chi connectivity index (χ4n) is 2.29. The number of carbonyl (C=O) groups excluding carboxylic acids is 2. The van der Waals surface area contributed by atoms with Gasteiger partial charge in [-0.05, 0) is 31.5 Å². The van der Waals surface area contributed by atoms with E-state index in [-0.39, 0.29) is 17.7 Å². The van der Waals surface area contributed by atoms with Crippen LogP contribution in [0.2, 0.25) is 0 Å². The third kappa shape index (κ3) is 5.41. The number of hydrogen-bond donors (Lipinski definition) is 2. The molecular formula is C18H17F3N4O2. The van der Waals surface area contributed by atoms with Crippen LogP contribution >= 0.6 is 0 Å². The maximum absolute atomic E-state index is 12.8. The van der Waals surface area contributed by atoms with Gasteiger partial charge in [0.25, 0.3) is 5.91 Å². The summed E-state index contributed by atoms with van der Waals surface area (Å²) in [6, 6.07) is 2.92. The number of rotatable bonds is 6. The molecule has 0 fully saturated rings. The first kappa shape index (κ1) is 20.2. The standard InChI is InChI=1S/C18H17F3N4O2/c1-4-17(2,3)24-16(27)14-8-11(5-6-22-14)7-13(26)9-12-10-23-25-15(12)18(19,20)21/h1,5-6,8,10H,7,9H2,2-3H3,(H,23,25)(H,24,27). The van der Waals surface area contributed by atoms with Crippen LogP contribution < -0.4 is 5.32 Å². The second-order valence-electron chi connectivity index (χ2n) is 6.43. The summed E-state index contributed by atoms with van der Waals surface area (Å²) in [5.41, 5.74) is -1.63. The zero-order valence-corrected chi connectivity index (χ0v) is 14.6. The van der Waals surface area contributed by atoms with E-state index in [1.54, 1.807) is 13.8 Å². The van der Waals surface area contributed by atoms with E-state index in [0.29, 0.717) is 5.56 Å². The van der Waals surface area contributed by atoms with E-state index in [4.69, 9.17) is 6.42 Å². The largest absolute Gasteiger partial charge is 0.433 e. The normalized spacial score (nSPS) is 11.7. The van der Waals surface area contributed by atoms with Gasteiger partial charge in [-0.2, -0.15) is 18.3 Å². The Morgan fingerprint density at radius 3 is 2.63 bits per heavy atom. The predicted molar refractivity (Wildman–Crippen MR) is 90.6 cm³/mol. The monoisotopic (exact) mass is 378 g/mol. The lowest BCUT2D eigenvalue weighted by Gasteiger charge is -2.19. The van der Waals surface area contributed by atoms with Crippen LogP contribution in [0.4, 0.5) is 13.2 Å². The summed E-state index contributed by atoms with van der Waals surface area (Å²) in [5.74, 6) is 1.45. The van der Waals surface area contributed by atoms with E-state index in [2.05, 4.69) is 21.3 Å². The average molecular weight is 378 g/mol. The van der Waals surface area contributed by atoms with Gasteiger partial charge < -0.3 is 5.32 Å². The van der Waals surface area contributed by atoms with Gasteiger partial charge in [-0.25, -0.2) is 0 Å². The number of aromatic nitrogens is 3. The van der Waals surface area contributed by atoms with Crippen molar-refractivity contribution in [2.24, 2.45) is 0 Å². The van der Waals surface area contributed by atoms with Crippen LogP contribution in [0.3, 0.4) is 0 Å². The highest BCUT2D eigenvalue weighted by Crippen LogP contribution is 2.30. The van der Waals surface area contributed by atoms with Crippen molar-refractivity contribution >= 4 is 11.7 Å². The van der Waals surface area contributed by atoms with Gasteiger partial charge in [-0.15, -0.1) is 6.42 Å². The van der Waals surface area contributed by atoms with Crippen LogP contribution in [0.15, 0.2) is 24.5 Å². The number of pyridine rings is 1. The van der Waals surface area contributed by atoms with Gasteiger partial charge in [-0.3, -0.25) is 19.7 Å². The van der Waals surface area contributed by atoms with E-state index < -0.39 is 35.5 Å². The highest BCUT2D eigenvalue weighted by Gasteiger charge is 2.35. The average Bonchev–Trinajstić information content (AvgIpc) is 3.03. The second kappa shape index (κ2) is 7.61. The van der Waals surface area contributed by atoms with Crippen molar-refractivity contribution < 1.29 is 22.8 Å². The van der Waals surface area contributed by atoms with Crippen molar-refractivity contribution in [2.45, 2.75) is 38.4 Å². The van der Waals surface area contributed by atoms with Gasteiger partial charge in [-0.1, -0.05) is 5.92 Å². The van der Waals surface area contributed by atoms with Crippen LogP contribution in [-0.2, 0) is 23.8 Å². The maximum Gasteiger partial charge on any atom is 0.433 e. The lowest BCUT2D eigenvalue weighted by Crippen LogP contribution is -2.42. The molecule has 2 rings (SSSR count). The number of hydrogen-bond acceptors (Lipinski definition) is 4. The Hall–Kier alpha value is -3.15. The molecule has 0 aliphatic carbocycles. The molecule has 0 bridgehead atoms. The summed E-state index contributed by atoms with van der Waals surface area (Å²) < 4.78 is 38.4. The van der Waals surface area contributed by atoms with E-state index in [9.17, 15) is 22.8 Å². The van der Waals surface area contributed by atoms with Crippen LogP contribution in [0.25, 0.3) is 0 Å². The Bertz CT molecular complexity index is 894. The summed E-state index contributed by atoms with van der Waals surface area (Å²) in [7, 11) is 0. The van der Waals surface area contributed by atoms with Gasteiger partial charge in [0, 0.05) is 24.6 Å². The number of terminal acetylenes is 1. The number of nitrogens with one attached hydrogen (secondary N) is 2. The molecule has 2 heterocycles. The lowest BCUT2D eigenvalue weighted by molar-refractivity contribution is -0.141. The Morgan fingerprint density at radius 2 is 2.00 bits per heavy atom. The molecule has 0 saturated carbocycles. The van der Waals surface area contributed by atoms with Gasteiger partial charge in [0.05, 0.1) is 11.7 Å². The smallest absolute Gasteiger partial charge is 0.335 e. The van der Waals surface area contributed by atoms with E-state index in [1.807, 2.05) is 5.10 Å². The van der Waals surface area contributed by atoms with Crippen molar-refractivity contribution in [3.8, 4) is 12.3 Å². The fraction of sp³-hybridized carbons (Fsp3) is 0.333. The highest BCUT2D eigenvalue weighted by molar-refractivity contribution is 5.93. The van der Waals surface area contributed by atoms with E-state index in [0.717, 1.165) is 6.20 Å². The SMILES string of the molecule is C#CC(C)(C)NC(=O)c1cc(CC(=O)Cc2cn[nH]c2C(F)(F)F)ccn1. The Kier molecular flexibility index (Phi) is 5.69. The molecule has 2 aromatic rings. The zero-order valence-electron chi connectivity index (χ0n) is 14.6. The quantitative estimate of drug-likeness (QED) is 0.756. The fourth-order valence-corrected chi connectivity index (χ4v) is 2.29. The molecule has 0 atom stereocenters. The zero-order chi connectivity index (χ0) is 20.2. The van der Waals surface area contributed by atoms with Crippen molar-refractivity contribution in [2.75, 3.05) is 0 Å². The molecule has 2 N–H and O–H groups in total. The van der Waals surface area contributed by atoms with Crippen LogP contribution in [0.1, 0.15) is 41.2 Å². The van der Waals surface area contributed by atoms with Crippen LogP contribution in [0.5, 0.6) is 0 Å². The first-order valence-corrected chi connectivity index (χ1v) is 7.88. The van der Waals surface area contributed by atoms with Crippen LogP contribution in [0, 0.1) is 12.3 Å². The number of Topliss-reactive ketones (excluding diaryl/α,β-unsaturated/α-hetero) is 1. The molecule has 27 heavy (non-hydrogen) atoms. The highest BCUT2D eigenvalue weighted by atomic mass is 19.4. The Labute approximate surface area is 153 Å². The van der Waals surface area contributed by atoms with Gasteiger partial charge in [0.2, 0.25) is 0 Å². The minimum atomic E-state index is -4.61. The third-order valence-electron chi connectivity index (χ3n) is 3.63. The number of halogens is 3. The molecule has 6 nitrogen and oxygen atoms in total. The third-order valence-corrected chi connectivity index (χ3v) is 3.63. The molecule has 0 saturated heterocycles. The predicted octanol–water partition coefficient (Wildman–Crippen LogP) is 2.32. The number of aromatic amines is 1. The van der Waals surface area contributed by atoms with Crippen molar-refractivity contribution in [3.63, 3.8) is 0 Å². The summed E-state index contributed by atoms with van der Waals surface area (Å²) >= 11 is 0. The molecule has 142 valence electrons. The summed E-state index contributed by atoms with van der Waals surface area (Å²) in [6.45, 7) is 3.28. The van der Waals surface area contributed by atoms with Crippen molar-refractivity contribution in [3.05, 3.63) is 47.0 Å². The summed E-state index contributed by atoms with van der Waals surface area (Å²) in [4.78, 5) is 28.3.